The van der Waals surface area contributed by atoms with Gasteiger partial charge in [-0.05, 0) is 34.5 Å². The summed E-state index contributed by atoms with van der Waals surface area (Å²) in [5, 5.41) is 6.16. The van der Waals surface area contributed by atoms with Crippen LogP contribution >= 0.6 is 11.3 Å². The topological polar surface area (TPSA) is 128 Å². The smallest absolute Gasteiger partial charge is 0.290 e. The van der Waals surface area contributed by atoms with E-state index in [9.17, 15) is 14.4 Å². The first kappa shape index (κ1) is 17.5. The quantitative estimate of drug-likeness (QED) is 0.601. The van der Waals surface area contributed by atoms with Crippen molar-refractivity contribution in [2.45, 2.75) is 12.5 Å². The molecule has 0 fully saturated rings. The van der Waals surface area contributed by atoms with Gasteiger partial charge in [0.05, 0.1) is 5.69 Å². The summed E-state index contributed by atoms with van der Waals surface area (Å²) in [4.78, 5) is 44.1. The van der Waals surface area contributed by atoms with Crippen LogP contribution in [0.2, 0.25) is 0 Å². The second-order valence-corrected chi connectivity index (χ2v) is 6.12. The van der Waals surface area contributed by atoms with Crippen LogP contribution in [0.15, 0.2) is 52.0 Å². The lowest BCUT2D eigenvalue weighted by molar-refractivity contribution is -0.137. The molecule has 0 aliphatic heterocycles. The molecule has 132 valence electrons. The number of carbonyl (C=O) groups excluding carboxylic acids is 3. The molecule has 3 heterocycles. The number of nitrogens with zero attached hydrogens (tertiary/aromatic N) is 2. The van der Waals surface area contributed by atoms with Crippen molar-refractivity contribution in [1.29, 1.82) is 0 Å². The molecule has 26 heavy (non-hydrogen) atoms. The van der Waals surface area contributed by atoms with Crippen molar-refractivity contribution in [3.63, 3.8) is 0 Å². The summed E-state index contributed by atoms with van der Waals surface area (Å²) in [6, 6.07) is 5.84. The Morgan fingerprint density at radius 2 is 2.08 bits per heavy atom. The first-order chi connectivity index (χ1) is 12.6. The highest BCUT2D eigenvalue weighted by molar-refractivity contribution is 7.07. The van der Waals surface area contributed by atoms with Gasteiger partial charge in [0.25, 0.3) is 11.8 Å². The Bertz CT molecular complexity index is 921. The minimum Gasteiger partial charge on any atom is -0.438 e. The van der Waals surface area contributed by atoms with E-state index in [0.29, 0.717) is 5.69 Å². The van der Waals surface area contributed by atoms with Crippen LogP contribution in [0.1, 0.15) is 16.1 Å². The number of oxazole rings is 1. The molecule has 9 heteroatoms. The highest BCUT2D eigenvalue weighted by atomic mass is 32.1. The monoisotopic (exact) mass is 370 g/mol. The van der Waals surface area contributed by atoms with E-state index in [1.165, 1.54) is 11.3 Å². The van der Waals surface area contributed by atoms with Gasteiger partial charge in [-0.25, -0.2) is 4.98 Å². The number of primary amides is 1. The summed E-state index contributed by atoms with van der Waals surface area (Å²) in [6.45, 7) is 0. The average Bonchev–Trinajstić information content (AvgIpc) is 3.32. The lowest BCUT2D eigenvalue weighted by atomic mass is 10.0. The standard InChI is InChI=1S/C17H14N4O4S/c18-16(23)14(22)12(7-10-4-6-26-8-10)21-17(24)15-13(20-9-25-15)11-3-1-2-5-19-11/h1-6,8-9,12H,7H2,(H2,18,23)(H,21,24). The van der Waals surface area contributed by atoms with Gasteiger partial charge in [-0.15, -0.1) is 0 Å². The molecule has 0 aliphatic carbocycles. The maximum Gasteiger partial charge on any atom is 0.290 e. The van der Waals surface area contributed by atoms with E-state index in [1.54, 1.807) is 30.5 Å². The molecule has 0 aliphatic rings. The van der Waals surface area contributed by atoms with E-state index in [2.05, 4.69) is 15.3 Å². The molecule has 1 atom stereocenters. The van der Waals surface area contributed by atoms with Crippen molar-refractivity contribution in [3.8, 4) is 11.4 Å². The number of hydrogen-bond acceptors (Lipinski definition) is 7. The molecule has 0 bridgehead atoms. The maximum atomic E-state index is 12.6. The van der Waals surface area contributed by atoms with E-state index in [0.717, 1.165) is 12.0 Å². The average molecular weight is 370 g/mol. The van der Waals surface area contributed by atoms with E-state index in [-0.39, 0.29) is 17.9 Å². The van der Waals surface area contributed by atoms with Crippen molar-refractivity contribution in [1.82, 2.24) is 15.3 Å². The van der Waals surface area contributed by atoms with E-state index >= 15 is 0 Å². The van der Waals surface area contributed by atoms with E-state index < -0.39 is 23.6 Å². The zero-order valence-corrected chi connectivity index (χ0v) is 14.2. The largest absolute Gasteiger partial charge is 0.438 e. The zero-order valence-electron chi connectivity index (χ0n) is 13.4. The van der Waals surface area contributed by atoms with Crippen LogP contribution in [0.5, 0.6) is 0 Å². The zero-order chi connectivity index (χ0) is 18.5. The normalized spacial score (nSPS) is 11.7. The molecule has 3 aromatic rings. The summed E-state index contributed by atoms with van der Waals surface area (Å²) in [7, 11) is 0. The van der Waals surface area contributed by atoms with Gasteiger partial charge >= 0.3 is 0 Å². The molecule has 3 aromatic heterocycles. The minimum atomic E-state index is -1.12. The molecule has 0 saturated heterocycles. The van der Waals surface area contributed by atoms with Crippen molar-refractivity contribution < 1.29 is 18.8 Å². The first-order valence-electron chi connectivity index (χ1n) is 7.56. The highest BCUT2D eigenvalue weighted by Crippen LogP contribution is 2.20. The Morgan fingerprint density at radius 1 is 1.23 bits per heavy atom. The summed E-state index contributed by atoms with van der Waals surface area (Å²) in [5.41, 5.74) is 6.59. The van der Waals surface area contributed by atoms with Gasteiger partial charge in [0.1, 0.15) is 11.7 Å². The van der Waals surface area contributed by atoms with Gasteiger partial charge in [-0.1, -0.05) is 6.07 Å². The number of carbonyl (C=O) groups is 3. The fourth-order valence-electron chi connectivity index (χ4n) is 2.34. The van der Waals surface area contributed by atoms with Gasteiger partial charge in [-0.2, -0.15) is 11.3 Å². The van der Waals surface area contributed by atoms with Crippen molar-refractivity contribution in [2.24, 2.45) is 5.73 Å². The summed E-state index contributed by atoms with van der Waals surface area (Å²) in [6.07, 6.45) is 2.81. The lowest BCUT2D eigenvalue weighted by Crippen LogP contribution is -2.47. The molecule has 3 rings (SSSR count). The predicted octanol–water partition coefficient (Wildman–Crippen LogP) is 1.19. The Morgan fingerprint density at radius 3 is 2.73 bits per heavy atom. The van der Waals surface area contributed by atoms with Crippen LogP contribution in [0, 0.1) is 0 Å². The van der Waals surface area contributed by atoms with Crippen LogP contribution in [0.3, 0.4) is 0 Å². The third-order valence-corrected chi connectivity index (χ3v) is 4.30. The van der Waals surface area contributed by atoms with Crippen molar-refractivity contribution in [3.05, 3.63) is 58.9 Å². The van der Waals surface area contributed by atoms with Crippen LogP contribution in [0.4, 0.5) is 0 Å². The lowest BCUT2D eigenvalue weighted by Gasteiger charge is -2.15. The number of nitrogens with one attached hydrogen (secondary N) is 1. The van der Waals surface area contributed by atoms with Crippen LogP contribution in [-0.4, -0.2) is 33.6 Å². The fourth-order valence-corrected chi connectivity index (χ4v) is 3.02. The molecule has 0 radical (unpaired) electrons. The second-order valence-electron chi connectivity index (χ2n) is 5.34. The minimum absolute atomic E-state index is 0.101. The maximum absolute atomic E-state index is 12.6. The first-order valence-corrected chi connectivity index (χ1v) is 8.51. The number of Topliss-reactive ketones (excluding diaryl/α,β-unsaturated/α-hetero) is 1. The second kappa shape index (κ2) is 7.70. The molecule has 2 amide bonds. The summed E-state index contributed by atoms with van der Waals surface area (Å²) in [5.74, 6) is -2.79. The summed E-state index contributed by atoms with van der Waals surface area (Å²) < 4.78 is 5.17. The number of pyridine rings is 1. The number of thiophene rings is 1. The number of rotatable bonds is 7. The Labute approximate surface area is 152 Å². The number of nitrogens with two attached hydrogens (primary N) is 1. The molecule has 0 aromatic carbocycles. The fraction of sp³-hybridized carbons (Fsp3) is 0.118. The number of hydrogen-bond donors (Lipinski definition) is 2. The highest BCUT2D eigenvalue weighted by Gasteiger charge is 2.28. The Balaban J connectivity index is 1.83. The number of amides is 2. The van der Waals surface area contributed by atoms with Gasteiger partial charge in [0, 0.05) is 12.6 Å². The number of ketones is 1. The molecule has 8 nitrogen and oxygen atoms in total. The SMILES string of the molecule is NC(=O)C(=O)C(Cc1ccsc1)NC(=O)c1ocnc1-c1ccccn1. The van der Waals surface area contributed by atoms with Crippen molar-refractivity contribution >= 4 is 28.9 Å². The summed E-state index contributed by atoms with van der Waals surface area (Å²) >= 11 is 1.44. The molecule has 0 spiro atoms. The number of aromatic nitrogens is 2. The van der Waals surface area contributed by atoms with Gasteiger partial charge in [-0.3, -0.25) is 19.4 Å². The molecule has 3 N–H and O–H groups in total. The molecule has 0 saturated carbocycles. The van der Waals surface area contributed by atoms with E-state index in [1.807, 2.05) is 10.8 Å². The predicted molar refractivity (Wildman–Crippen MR) is 93.2 cm³/mol. The molecular formula is C17H14N4O4S. The molecular weight excluding hydrogens is 356 g/mol. The van der Waals surface area contributed by atoms with Crippen LogP contribution < -0.4 is 11.1 Å². The van der Waals surface area contributed by atoms with Crippen LogP contribution in [-0.2, 0) is 16.0 Å². The van der Waals surface area contributed by atoms with Gasteiger partial charge in [0.15, 0.2) is 6.39 Å². The Kier molecular flexibility index (Phi) is 5.18. The Hall–Kier alpha value is -3.33. The third kappa shape index (κ3) is 3.83. The van der Waals surface area contributed by atoms with E-state index in [4.69, 9.17) is 10.2 Å². The van der Waals surface area contributed by atoms with Gasteiger partial charge in [0.2, 0.25) is 11.5 Å². The third-order valence-electron chi connectivity index (χ3n) is 3.57. The van der Waals surface area contributed by atoms with Crippen LogP contribution in [0.25, 0.3) is 11.4 Å². The van der Waals surface area contributed by atoms with Crippen molar-refractivity contribution in [2.75, 3.05) is 0 Å². The molecule has 1 unspecified atom stereocenters. The van der Waals surface area contributed by atoms with Gasteiger partial charge < -0.3 is 15.5 Å².